The average Bonchev–Trinajstić information content (AvgIpc) is 2.87. The van der Waals surface area contributed by atoms with E-state index in [-0.39, 0.29) is 16.3 Å². The van der Waals surface area contributed by atoms with Gasteiger partial charge in [0.25, 0.3) is 0 Å². The number of nitrogens with one attached hydrogen (secondary N) is 1. The third-order valence-electron chi connectivity index (χ3n) is 3.87. The van der Waals surface area contributed by atoms with E-state index >= 15 is 0 Å². The van der Waals surface area contributed by atoms with Gasteiger partial charge < -0.3 is 0 Å². The zero-order chi connectivity index (χ0) is 19.1. The van der Waals surface area contributed by atoms with E-state index in [1.165, 1.54) is 36.5 Å². The molecule has 2 aromatic heterocycles. The van der Waals surface area contributed by atoms with Crippen LogP contribution in [0.5, 0.6) is 0 Å². The van der Waals surface area contributed by atoms with E-state index in [0.717, 1.165) is 0 Å². The Hall–Kier alpha value is -2.34. The number of primary sulfonamides is 1. The number of nitrogens with zero attached hydrogens (tertiary/aromatic N) is 3. The molecule has 0 aliphatic carbocycles. The van der Waals surface area contributed by atoms with Crippen molar-refractivity contribution in [2.24, 2.45) is 12.2 Å². The lowest BCUT2D eigenvalue weighted by molar-refractivity contribution is 0.580. The number of aromatic nitrogens is 3. The summed E-state index contributed by atoms with van der Waals surface area (Å²) < 4.78 is 51.5. The monoisotopic (exact) mass is 395 g/mol. The molecule has 0 spiro atoms. The summed E-state index contributed by atoms with van der Waals surface area (Å²) in [6, 6.07) is 7.16. The number of sulfonamides is 2. The van der Waals surface area contributed by atoms with Gasteiger partial charge in [0.2, 0.25) is 20.0 Å². The Balaban J connectivity index is 1.82. The van der Waals surface area contributed by atoms with Crippen LogP contribution in [0.15, 0.2) is 46.3 Å². The highest BCUT2D eigenvalue weighted by atomic mass is 32.2. The van der Waals surface area contributed by atoms with Gasteiger partial charge in [-0.25, -0.2) is 31.7 Å². The van der Waals surface area contributed by atoms with Crippen LogP contribution in [0, 0.1) is 6.92 Å². The third-order valence-corrected chi connectivity index (χ3v) is 6.16. The highest BCUT2D eigenvalue weighted by Gasteiger charge is 2.17. The second-order valence-corrected chi connectivity index (χ2v) is 9.09. The molecule has 0 aliphatic heterocycles. The molecule has 0 saturated carbocycles. The third kappa shape index (κ3) is 3.60. The van der Waals surface area contributed by atoms with Crippen LogP contribution in [0.4, 0.5) is 0 Å². The minimum absolute atomic E-state index is 0.00269. The lowest BCUT2D eigenvalue weighted by atomic mass is 10.2. The van der Waals surface area contributed by atoms with E-state index in [9.17, 15) is 16.8 Å². The van der Waals surface area contributed by atoms with Crippen molar-refractivity contribution in [3.63, 3.8) is 0 Å². The molecular formula is C15H17N5O4S2. The lowest BCUT2D eigenvalue weighted by Crippen LogP contribution is -2.23. The van der Waals surface area contributed by atoms with Crippen molar-refractivity contribution in [3.8, 4) is 0 Å². The van der Waals surface area contributed by atoms with Gasteiger partial charge in [-0.3, -0.25) is 4.68 Å². The molecule has 3 rings (SSSR count). The van der Waals surface area contributed by atoms with E-state index in [0.29, 0.717) is 22.3 Å². The van der Waals surface area contributed by atoms with Crippen LogP contribution in [0.1, 0.15) is 11.3 Å². The molecule has 3 aromatic rings. The van der Waals surface area contributed by atoms with Gasteiger partial charge in [-0.15, -0.1) is 0 Å². The number of nitrogens with two attached hydrogens (primary N) is 1. The minimum Gasteiger partial charge on any atom is -0.250 e. The van der Waals surface area contributed by atoms with Crippen LogP contribution >= 0.6 is 0 Å². The Morgan fingerprint density at radius 3 is 2.38 bits per heavy atom. The number of fused-ring (bicyclic) bond motifs is 1. The lowest BCUT2D eigenvalue weighted by Gasteiger charge is -2.07. The summed E-state index contributed by atoms with van der Waals surface area (Å²) in [5.41, 5.74) is 1.87. The number of rotatable bonds is 5. The maximum Gasteiger partial charge on any atom is 0.242 e. The summed E-state index contributed by atoms with van der Waals surface area (Å²) in [7, 11) is -5.84. The topological polar surface area (TPSA) is 137 Å². The first-order valence-corrected chi connectivity index (χ1v) is 10.5. The second kappa shape index (κ2) is 6.43. The fourth-order valence-corrected chi connectivity index (χ4v) is 4.00. The fourth-order valence-electron chi connectivity index (χ4n) is 2.49. The molecule has 9 nitrogen and oxygen atoms in total. The molecule has 2 heterocycles. The second-order valence-electron chi connectivity index (χ2n) is 5.76. The molecule has 0 unspecified atom stereocenters. The van der Waals surface area contributed by atoms with E-state index in [1.807, 2.05) is 0 Å². The molecule has 0 aliphatic rings. The van der Waals surface area contributed by atoms with Gasteiger partial charge >= 0.3 is 0 Å². The Kier molecular flexibility index (Phi) is 4.56. The predicted octanol–water partition coefficient (Wildman–Crippen LogP) is 0.403. The molecule has 1 aromatic carbocycles. The summed E-state index contributed by atoms with van der Waals surface area (Å²) in [5.74, 6) is 0. The number of pyridine rings is 1. The number of benzene rings is 1. The summed E-state index contributed by atoms with van der Waals surface area (Å²) >= 11 is 0. The summed E-state index contributed by atoms with van der Waals surface area (Å²) in [6.45, 7) is 1.78. The Bertz CT molecular complexity index is 1180. The molecule has 0 fully saturated rings. The molecular weight excluding hydrogens is 378 g/mol. The molecule has 26 heavy (non-hydrogen) atoms. The first kappa shape index (κ1) is 18.5. The predicted molar refractivity (Wildman–Crippen MR) is 95.1 cm³/mol. The minimum atomic E-state index is -3.79. The highest BCUT2D eigenvalue weighted by Crippen LogP contribution is 2.19. The Morgan fingerprint density at radius 2 is 1.77 bits per heavy atom. The molecule has 0 bridgehead atoms. The highest BCUT2D eigenvalue weighted by molar-refractivity contribution is 7.89. The van der Waals surface area contributed by atoms with Crippen LogP contribution in [-0.2, 0) is 33.6 Å². The SMILES string of the molecule is Cc1nn(C)c2ncc(S(=O)(=O)NCc3ccc(S(N)(=O)=O)cc3)cc12. The molecule has 0 radical (unpaired) electrons. The fraction of sp³-hybridized carbons (Fsp3) is 0.200. The van der Waals surface area contributed by atoms with Gasteiger partial charge in [0.1, 0.15) is 4.90 Å². The maximum atomic E-state index is 12.5. The van der Waals surface area contributed by atoms with E-state index in [2.05, 4.69) is 14.8 Å². The molecule has 0 atom stereocenters. The van der Waals surface area contributed by atoms with Gasteiger partial charge in [-0.2, -0.15) is 5.10 Å². The average molecular weight is 395 g/mol. The van der Waals surface area contributed by atoms with Gasteiger partial charge in [0.15, 0.2) is 5.65 Å². The zero-order valence-electron chi connectivity index (χ0n) is 14.0. The van der Waals surface area contributed by atoms with Crippen LogP contribution < -0.4 is 9.86 Å². The van der Waals surface area contributed by atoms with E-state index in [1.54, 1.807) is 18.7 Å². The van der Waals surface area contributed by atoms with E-state index < -0.39 is 20.0 Å². The van der Waals surface area contributed by atoms with Gasteiger partial charge in [-0.1, -0.05) is 12.1 Å². The summed E-state index contributed by atoms with van der Waals surface area (Å²) in [6.07, 6.45) is 1.27. The maximum absolute atomic E-state index is 12.5. The number of hydrogen-bond acceptors (Lipinski definition) is 6. The standard InChI is InChI=1S/C15H17N5O4S2/c1-10-14-7-13(9-17-15(14)20(2)19-10)26(23,24)18-8-11-3-5-12(6-4-11)25(16,21)22/h3-7,9,18H,8H2,1-2H3,(H2,16,21,22). The normalized spacial score (nSPS) is 12.6. The largest absolute Gasteiger partial charge is 0.250 e. The van der Waals surface area contributed by atoms with Crippen molar-refractivity contribution in [1.82, 2.24) is 19.5 Å². The van der Waals surface area contributed by atoms with Crippen LogP contribution in [-0.4, -0.2) is 31.6 Å². The van der Waals surface area contributed by atoms with Crippen molar-refractivity contribution < 1.29 is 16.8 Å². The smallest absolute Gasteiger partial charge is 0.242 e. The van der Waals surface area contributed by atoms with Gasteiger partial charge in [0.05, 0.1) is 10.6 Å². The number of aryl methyl sites for hydroxylation is 2. The van der Waals surface area contributed by atoms with Crippen LogP contribution in [0.3, 0.4) is 0 Å². The van der Waals surface area contributed by atoms with Crippen molar-refractivity contribution in [2.45, 2.75) is 23.3 Å². The first-order valence-electron chi connectivity index (χ1n) is 7.49. The molecule has 0 amide bonds. The summed E-state index contributed by atoms with van der Waals surface area (Å²) in [4.78, 5) is 4.16. The molecule has 138 valence electrons. The molecule has 3 N–H and O–H groups in total. The van der Waals surface area contributed by atoms with Gasteiger partial charge in [0, 0.05) is 25.2 Å². The Labute approximate surface area is 151 Å². The summed E-state index contributed by atoms with van der Waals surface area (Å²) in [5, 5.41) is 9.91. The Morgan fingerprint density at radius 1 is 1.12 bits per heavy atom. The van der Waals surface area contributed by atoms with Crippen LogP contribution in [0.2, 0.25) is 0 Å². The van der Waals surface area contributed by atoms with Gasteiger partial charge in [-0.05, 0) is 30.7 Å². The molecule has 0 saturated heterocycles. The number of hydrogen-bond donors (Lipinski definition) is 2. The van der Waals surface area contributed by atoms with Crippen molar-refractivity contribution in [1.29, 1.82) is 0 Å². The van der Waals surface area contributed by atoms with Crippen molar-refractivity contribution in [2.75, 3.05) is 0 Å². The van der Waals surface area contributed by atoms with Crippen LogP contribution in [0.25, 0.3) is 11.0 Å². The first-order chi connectivity index (χ1) is 12.1. The van der Waals surface area contributed by atoms with E-state index in [4.69, 9.17) is 5.14 Å². The van der Waals surface area contributed by atoms with Crippen molar-refractivity contribution >= 4 is 31.1 Å². The molecule has 11 heteroatoms. The van der Waals surface area contributed by atoms with Crippen molar-refractivity contribution in [3.05, 3.63) is 47.8 Å². The quantitative estimate of drug-likeness (QED) is 0.642. The zero-order valence-corrected chi connectivity index (χ0v) is 15.7.